The normalized spacial score (nSPS) is 29.1. The van der Waals surface area contributed by atoms with Gasteiger partial charge in [0.05, 0.1) is 6.42 Å². The van der Waals surface area contributed by atoms with Crippen molar-refractivity contribution in [3.63, 3.8) is 0 Å². The van der Waals surface area contributed by atoms with E-state index in [1.807, 2.05) is 11.8 Å². The topological polar surface area (TPSA) is 12.0 Å². The molecule has 2 unspecified atom stereocenters. The van der Waals surface area contributed by atoms with Crippen molar-refractivity contribution in [2.24, 2.45) is 0 Å². The molecule has 0 spiro atoms. The molecule has 1 N–H and O–H groups in total. The van der Waals surface area contributed by atoms with E-state index in [-0.39, 0.29) is 12.6 Å². The molecule has 1 rings (SSSR count). The summed E-state index contributed by atoms with van der Waals surface area (Å²) in [6.45, 7) is 2.13. The monoisotopic (exact) mass is 227 g/mol. The van der Waals surface area contributed by atoms with Gasteiger partial charge in [-0.2, -0.15) is 24.9 Å². The first-order valence-electron chi connectivity index (χ1n) is 4.91. The summed E-state index contributed by atoms with van der Waals surface area (Å²) >= 11 is 1.84. The Morgan fingerprint density at radius 1 is 1.43 bits per heavy atom. The Hall–Kier alpha value is 0.100. The second-order valence-corrected chi connectivity index (χ2v) is 5.13. The SMILES string of the molecule is CC1SCCCC1NCCC(F)(F)F. The highest BCUT2D eigenvalue weighted by atomic mass is 32.2. The Bertz CT molecular complexity index is 172. The van der Waals surface area contributed by atoms with Crippen LogP contribution in [0.25, 0.3) is 0 Å². The summed E-state index contributed by atoms with van der Waals surface area (Å²) < 4.78 is 35.6. The van der Waals surface area contributed by atoms with Crippen LogP contribution in [-0.2, 0) is 0 Å². The molecule has 1 heterocycles. The third kappa shape index (κ3) is 4.55. The standard InChI is InChI=1S/C9H16F3NS/c1-7-8(3-2-6-14-7)13-5-4-9(10,11)12/h7-8,13H,2-6H2,1H3. The lowest BCUT2D eigenvalue weighted by atomic mass is 10.1. The molecule has 84 valence electrons. The van der Waals surface area contributed by atoms with Gasteiger partial charge in [-0.3, -0.25) is 0 Å². The highest BCUT2D eigenvalue weighted by molar-refractivity contribution is 7.99. The van der Waals surface area contributed by atoms with Crippen molar-refractivity contribution in [2.75, 3.05) is 12.3 Å². The lowest BCUT2D eigenvalue weighted by Crippen LogP contribution is -2.40. The van der Waals surface area contributed by atoms with Crippen molar-refractivity contribution >= 4 is 11.8 Å². The van der Waals surface area contributed by atoms with Gasteiger partial charge in [-0.15, -0.1) is 0 Å². The molecule has 1 saturated heterocycles. The minimum atomic E-state index is -4.03. The first kappa shape index (κ1) is 12.2. The van der Waals surface area contributed by atoms with Crippen molar-refractivity contribution < 1.29 is 13.2 Å². The fraction of sp³-hybridized carbons (Fsp3) is 1.00. The lowest BCUT2D eigenvalue weighted by molar-refractivity contribution is -0.133. The van der Waals surface area contributed by atoms with Crippen LogP contribution in [0.5, 0.6) is 0 Å². The molecule has 0 aromatic rings. The largest absolute Gasteiger partial charge is 0.390 e. The summed E-state index contributed by atoms with van der Waals surface area (Å²) in [4.78, 5) is 0. The lowest BCUT2D eigenvalue weighted by Gasteiger charge is -2.29. The van der Waals surface area contributed by atoms with Crippen LogP contribution in [0.2, 0.25) is 0 Å². The maximum Gasteiger partial charge on any atom is 0.390 e. The van der Waals surface area contributed by atoms with E-state index in [2.05, 4.69) is 12.2 Å². The van der Waals surface area contributed by atoms with Crippen LogP contribution >= 0.6 is 11.8 Å². The van der Waals surface area contributed by atoms with E-state index in [1.54, 1.807) is 0 Å². The van der Waals surface area contributed by atoms with E-state index in [4.69, 9.17) is 0 Å². The van der Waals surface area contributed by atoms with Gasteiger partial charge in [-0.25, -0.2) is 0 Å². The number of alkyl halides is 3. The van der Waals surface area contributed by atoms with Gasteiger partial charge in [0.25, 0.3) is 0 Å². The first-order chi connectivity index (χ1) is 6.49. The molecule has 0 radical (unpaired) electrons. The molecule has 0 bridgehead atoms. The maximum atomic E-state index is 11.9. The average molecular weight is 227 g/mol. The molecule has 1 aliphatic rings. The predicted molar refractivity (Wildman–Crippen MR) is 53.6 cm³/mol. The number of rotatable bonds is 3. The molecule has 14 heavy (non-hydrogen) atoms. The third-order valence-electron chi connectivity index (χ3n) is 2.42. The highest BCUT2D eigenvalue weighted by Crippen LogP contribution is 2.25. The van der Waals surface area contributed by atoms with Gasteiger partial charge in [-0.05, 0) is 18.6 Å². The summed E-state index contributed by atoms with van der Waals surface area (Å²) in [6.07, 6.45) is -2.64. The van der Waals surface area contributed by atoms with Crippen LogP contribution in [0.3, 0.4) is 0 Å². The Kier molecular flexibility index (Phi) is 4.57. The van der Waals surface area contributed by atoms with E-state index in [1.165, 1.54) is 0 Å². The second-order valence-electron chi connectivity index (χ2n) is 3.64. The molecule has 0 aromatic carbocycles. The quantitative estimate of drug-likeness (QED) is 0.795. The molecule has 1 nitrogen and oxygen atoms in total. The minimum absolute atomic E-state index is 0.0546. The molecule has 1 aliphatic heterocycles. The maximum absolute atomic E-state index is 11.9. The Labute approximate surface area is 86.8 Å². The predicted octanol–water partition coefficient (Wildman–Crippen LogP) is 2.81. The van der Waals surface area contributed by atoms with Crippen molar-refractivity contribution in [3.05, 3.63) is 0 Å². The van der Waals surface area contributed by atoms with Crippen molar-refractivity contribution in [3.8, 4) is 0 Å². The Balaban J connectivity index is 2.17. The van der Waals surface area contributed by atoms with E-state index < -0.39 is 12.6 Å². The van der Waals surface area contributed by atoms with E-state index in [0.717, 1.165) is 18.6 Å². The van der Waals surface area contributed by atoms with Crippen molar-refractivity contribution in [1.82, 2.24) is 5.32 Å². The van der Waals surface area contributed by atoms with E-state index in [9.17, 15) is 13.2 Å². The second kappa shape index (κ2) is 5.26. The van der Waals surface area contributed by atoms with Crippen LogP contribution in [0, 0.1) is 0 Å². The molecule has 0 saturated carbocycles. The molecular formula is C9H16F3NS. The average Bonchev–Trinajstić information content (AvgIpc) is 2.06. The number of halogens is 3. The minimum Gasteiger partial charge on any atom is -0.313 e. The van der Waals surface area contributed by atoms with E-state index >= 15 is 0 Å². The van der Waals surface area contributed by atoms with Gasteiger partial charge in [-0.1, -0.05) is 6.92 Å². The molecule has 0 aromatic heterocycles. The number of thioether (sulfide) groups is 1. The van der Waals surface area contributed by atoms with E-state index in [0.29, 0.717) is 5.25 Å². The molecule has 0 amide bonds. The number of hydrogen-bond acceptors (Lipinski definition) is 2. The summed E-state index contributed by atoms with van der Waals surface area (Å²) in [5.41, 5.74) is 0. The molecule has 0 aliphatic carbocycles. The first-order valence-corrected chi connectivity index (χ1v) is 5.95. The van der Waals surface area contributed by atoms with Crippen LogP contribution in [0.15, 0.2) is 0 Å². The number of nitrogens with one attached hydrogen (secondary N) is 1. The fourth-order valence-electron chi connectivity index (χ4n) is 1.59. The van der Waals surface area contributed by atoms with Crippen LogP contribution in [0.1, 0.15) is 26.2 Å². The molecule has 2 atom stereocenters. The summed E-state index contributed by atoms with van der Waals surface area (Å²) in [5, 5.41) is 3.43. The van der Waals surface area contributed by atoms with Gasteiger partial charge in [0, 0.05) is 17.8 Å². The Morgan fingerprint density at radius 3 is 2.71 bits per heavy atom. The zero-order valence-corrected chi connectivity index (χ0v) is 9.05. The van der Waals surface area contributed by atoms with Crippen molar-refractivity contribution in [2.45, 2.75) is 43.7 Å². The van der Waals surface area contributed by atoms with Gasteiger partial charge in [0.2, 0.25) is 0 Å². The summed E-state index contributed by atoms with van der Waals surface area (Å²) in [7, 11) is 0. The number of hydrogen-bond donors (Lipinski definition) is 1. The van der Waals surface area contributed by atoms with Crippen molar-refractivity contribution in [1.29, 1.82) is 0 Å². The summed E-state index contributed by atoms with van der Waals surface area (Å²) in [6, 6.07) is 0.260. The van der Waals surface area contributed by atoms with Gasteiger partial charge in [0.1, 0.15) is 0 Å². The molecule has 5 heteroatoms. The molecule has 1 fully saturated rings. The third-order valence-corrected chi connectivity index (χ3v) is 3.80. The van der Waals surface area contributed by atoms with Crippen LogP contribution in [-0.4, -0.2) is 29.8 Å². The fourth-order valence-corrected chi connectivity index (χ4v) is 2.76. The van der Waals surface area contributed by atoms with Crippen LogP contribution in [0.4, 0.5) is 13.2 Å². The zero-order chi connectivity index (χ0) is 10.6. The smallest absolute Gasteiger partial charge is 0.313 e. The Morgan fingerprint density at radius 2 is 2.14 bits per heavy atom. The molecular weight excluding hydrogens is 211 g/mol. The summed E-state index contributed by atoms with van der Waals surface area (Å²) in [5.74, 6) is 1.14. The van der Waals surface area contributed by atoms with Gasteiger partial charge in [0.15, 0.2) is 0 Å². The van der Waals surface area contributed by atoms with Gasteiger partial charge < -0.3 is 5.32 Å². The zero-order valence-electron chi connectivity index (χ0n) is 8.23. The van der Waals surface area contributed by atoms with Crippen LogP contribution < -0.4 is 5.32 Å². The highest BCUT2D eigenvalue weighted by Gasteiger charge is 2.28. The van der Waals surface area contributed by atoms with Gasteiger partial charge >= 0.3 is 6.18 Å².